The highest BCUT2D eigenvalue weighted by Crippen LogP contribution is 2.48. The van der Waals surface area contributed by atoms with Crippen molar-refractivity contribution in [3.05, 3.63) is 106 Å². The van der Waals surface area contributed by atoms with E-state index in [0.29, 0.717) is 5.92 Å². The Morgan fingerprint density at radius 1 is 0.658 bits per heavy atom. The van der Waals surface area contributed by atoms with Crippen molar-refractivity contribution < 1.29 is 19.8 Å². The maximum absolute atomic E-state index is 11.6. The third-order valence-electron chi connectivity index (χ3n) is 8.04. The fourth-order valence-electron chi connectivity index (χ4n) is 5.56. The lowest BCUT2D eigenvalue weighted by atomic mass is 9.60. The molecule has 0 aliphatic carbocycles. The van der Waals surface area contributed by atoms with Gasteiger partial charge in [-0.1, -0.05) is 103 Å². The first-order valence-corrected chi connectivity index (χ1v) is 13.5. The summed E-state index contributed by atoms with van der Waals surface area (Å²) in [5, 5.41) is 19.0. The van der Waals surface area contributed by atoms with Crippen LogP contribution in [0.25, 0.3) is 0 Å². The van der Waals surface area contributed by atoms with Crippen LogP contribution in [0.3, 0.4) is 0 Å². The Morgan fingerprint density at radius 3 is 1.37 bits per heavy atom. The lowest BCUT2D eigenvalue weighted by Crippen LogP contribution is -2.37. The lowest BCUT2D eigenvalue weighted by Gasteiger charge is -2.43. The van der Waals surface area contributed by atoms with Crippen molar-refractivity contribution in [1.29, 1.82) is 0 Å². The number of aromatic carboxylic acids is 2. The Kier molecular flexibility index (Phi) is 8.55. The van der Waals surface area contributed by atoms with Gasteiger partial charge in [0, 0.05) is 5.41 Å². The second kappa shape index (κ2) is 11.1. The highest BCUT2D eigenvalue weighted by Gasteiger charge is 2.41. The Bertz CT molecular complexity index is 1190. The number of rotatable bonds is 10. The summed E-state index contributed by atoms with van der Waals surface area (Å²) in [4.78, 5) is 23.2. The van der Waals surface area contributed by atoms with Crippen molar-refractivity contribution in [3.8, 4) is 0 Å². The molecule has 0 saturated heterocycles. The second-order valence-corrected chi connectivity index (χ2v) is 12.5. The summed E-state index contributed by atoms with van der Waals surface area (Å²) in [5.41, 5.74) is 4.53. The average Bonchev–Trinajstić information content (AvgIpc) is 2.87. The fraction of sp³-hybridized carbons (Fsp3) is 0.412. The Morgan fingerprint density at radius 2 is 1.03 bits per heavy atom. The standard InChI is InChI=1S/C34H42O4/c1-8-23(2)21-34(28-13-9-24(10-14-28)30(35)36,29-15-11-25(12-16-29)31(37)38)22-33(6,7)27-19-17-26(18-20-27)32(3,4)5/h9-20,23H,8,21-22H2,1-7H3,(H,35,36)(H,37,38). The molecule has 1 unspecified atom stereocenters. The molecule has 202 valence electrons. The third kappa shape index (κ3) is 6.35. The molecule has 3 aromatic rings. The van der Waals surface area contributed by atoms with Crippen LogP contribution in [0.5, 0.6) is 0 Å². The number of hydrogen-bond acceptors (Lipinski definition) is 2. The third-order valence-corrected chi connectivity index (χ3v) is 8.04. The fourth-order valence-corrected chi connectivity index (χ4v) is 5.56. The molecule has 3 aromatic carbocycles. The zero-order valence-corrected chi connectivity index (χ0v) is 23.8. The van der Waals surface area contributed by atoms with E-state index in [4.69, 9.17) is 0 Å². The number of carboxylic acid groups (broad SMARTS) is 2. The maximum atomic E-state index is 11.6. The van der Waals surface area contributed by atoms with E-state index in [2.05, 4.69) is 72.7 Å². The molecule has 4 nitrogen and oxygen atoms in total. The first-order valence-electron chi connectivity index (χ1n) is 13.5. The van der Waals surface area contributed by atoms with Crippen LogP contribution in [-0.4, -0.2) is 22.2 Å². The summed E-state index contributed by atoms with van der Waals surface area (Å²) in [6, 6.07) is 23.4. The van der Waals surface area contributed by atoms with Gasteiger partial charge in [-0.2, -0.15) is 0 Å². The van der Waals surface area contributed by atoms with E-state index in [0.717, 1.165) is 30.4 Å². The van der Waals surface area contributed by atoms with Crippen LogP contribution in [0.15, 0.2) is 72.8 Å². The van der Waals surface area contributed by atoms with E-state index in [9.17, 15) is 19.8 Å². The molecule has 0 amide bonds. The first kappa shape index (κ1) is 29.2. The average molecular weight is 515 g/mol. The molecule has 0 fully saturated rings. The molecule has 0 aliphatic rings. The molecule has 38 heavy (non-hydrogen) atoms. The van der Waals surface area contributed by atoms with E-state index in [1.54, 1.807) is 24.3 Å². The molecule has 0 bridgehead atoms. The largest absolute Gasteiger partial charge is 0.478 e. The number of carbonyl (C=O) groups is 2. The van der Waals surface area contributed by atoms with Gasteiger partial charge < -0.3 is 10.2 Å². The van der Waals surface area contributed by atoms with Crippen LogP contribution in [0.1, 0.15) is 111 Å². The number of carboxylic acids is 2. The molecule has 0 aliphatic heterocycles. The quantitative estimate of drug-likeness (QED) is 0.284. The first-order chi connectivity index (χ1) is 17.7. The predicted molar refractivity (Wildman–Crippen MR) is 154 cm³/mol. The van der Waals surface area contributed by atoms with E-state index in [-0.39, 0.29) is 22.0 Å². The molecule has 1 atom stereocenters. The van der Waals surface area contributed by atoms with Crippen LogP contribution < -0.4 is 0 Å². The Labute approximate surface area is 227 Å². The minimum absolute atomic E-state index is 0.0702. The summed E-state index contributed by atoms with van der Waals surface area (Å²) in [6.07, 6.45) is 2.63. The van der Waals surface area contributed by atoms with Crippen molar-refractivity contribution in [2.24, 2.45) is 5.92 Å². The summed E-state index contributed by atoms with van der Waals surface area (Å²) >= 11 is 0. The lowest BCUT2D eigenvalue weighted by molar-refractivity contribution is 0.0686. The number of benzene rings is 3. The number of hydrogen-bond donors (Lipinski definition) is 2. The minimum Gasteiger partial charge on any atom is -0.478 e. The van der Waals surface area contributed by atoms with Crippen LogP contribution >= 0.6 is 0 Å². The van der Waals surface area contributed by atoms with Crippen molar-refractivity contribution in [1.82, 2.24) is 0 Å². The summed E-state index contributed by atoms with van der Waals surface area (Å²) < 4.78 is 0. The van der Waals surface area contributed by atoms with Gasteiger partial charge in [0.05, 0.1) is 11.1 Å². The van der Waals surface area contributed by atoms with Gasteiger partial charge in [-0.3, -0.25) is 0 Å². The summed E-state index contributed by atoms with van der Waals surface area (Å²) in [6.45, 7) is 15.6. The van der Waals surface area contributed by atoms with Crippen molar-refractivity contribution in [2.75, 3.05) is 0 Å². The molecule has 3 rings (SSSR count). The van der Waals surface area contributed by atoms with Gasteiger partial charge in [0.25, 0.3) is 0 Å². The molecular formula is C34H42O4. The smallest absolute Gasteiger partial charge is 0.335 e. The van der Waals surface area contributed by atoms with Gasteiger partial charge in [-0.05, 0) is 76.1 Å². The van der Waals surface area contributed by atoms with Gasteiger partial charge >= 0.3 is 11.9 Å². The van der Waals surface area contributed by atoms with E-state index in [1.165, 1.54) is 11.1 Å². The molecule has 0 spiro atoms. The molecule has 0 aromatic heterocycles. The highest BCUT2D eigenvalue weighted by molar-refractivity contribution is 5.88. The van der Waals surface area contributed by atoms with Crippen LogP contribution in [0, 0.1) is 5.92 Å². The zero-order chi connectivity index (χ0) is 28.3. The monoisotopic (exact) mass is 514 g/mol. The second-order valence-electron chi connectivity index (χ2n) is 12.5. The van der Waals surface area contributed by atoms with Crippen LogP contribution in [-0.2, 0) is 16.2 Å². The van der Waals surface area contributed by atoms with Crippen LogP contribution in [0.2, 0.25) is 0 Å². The van der Waals surface area contributed by atoms with E-state index in [1.807, 2.05) is 24.3 Å². The summed E-state index contributed by atoms with van der Waals surface area (Å²) in [5.74, 6) is -1.50. The minimum atomic E-state index is -0.950. The molecular weight excluding hydrogens is 472 g/mol. The van der Waals surface area contributed by atoms with E-state index >= 15 is 0 Å². The van der Waals surface area contributed by atoms with Gasteiger partial charge in [0.15, 0.2) is 0 Å². The van der Waals surface area contributed by atoms with Gasteiger partial charge in [0.1, 0.15) is 0 Å². The molecule has 0 radical (unpaired) electrons. The molecule has 4 heteroatoms. The topological polar surface area (TPSA) is 74.6 Å². The van der Waals surface area contributed by atoms with Crippen molar-refractivity contribution in [2.45, 2.75) is 84.0 Å². The molecule has 2 N–H and O–H groups in total. The van der Waals surface area contributed by atoms with Gasteiger partial charge in [-0.25, -0.2) is 9.59 Å². The Balaban J connectivity index is 2.22. The van der Waals surface area contributed by atoms with Gasteiger partial charge in [-0.15, -0.1) is 0 Å². The Hall–Kier alpha value is -3.40. The molecule has 0 saturated carbocycles. The van der Waals surface area contributed by atoms with Crippen LogP contribution in [0.4, 0.5) is 0 Å². The van der Waals surface area contributed by atoms with E-state index < -0.39 is 17.4 Å². The van der Waals surface area contributed by atoms with Crippen molar-refractivity contribution in [3.63, 3.8) is 0 Å². The van der Waals surface area contributed by atoms with Gasteiger partial charge in [0.2, 0.25) is 0 Å². The van der Waals surface area contributed by atoms with Crippen molar-refractivity contribution >= 4 is 11.9 Å². The zero-order valence-electron chi connectivity index (χ0n) is 23.8. The SMILES string of the molecule is CCC(C)CC(CC(C)(C)c1ccc(C(C)(C)C)cc1)(c1ccc(C(=O)O)cc1)c1ccc(C(=O)O)cc1. The summed E-state index contributed by atoms with van der Waals surface area (Å²) in [7, 11) is 0. The maximum Gasteiger partial charge on any atom is 0.335 e. The normalized spacial score (nSPS) is 13.2. The predicted octanol–water partition coefficient (Wildman–Crippen LogP) is 8.47. The highest BCUT2D eigenvalue weighted by atomic mass is 16.4. The molecule has 0 heterocycles.